The Bertz CT molecular complexity index is 447. The third kappa shape index (κ3) is 1.48. The highest BCUT2D eigenvalue weighted by Crippen LogP contribution is 2.36. The van der Waals surface area contributed by atoms with E-state index in [1.165, 1.54) is 0 Å². The molecule has 0 radical (unpaired) electrons. The van der Waals surface area contributed by atoms with Crippen LogP contribution in [0.3, 0.4) is 0 Å². The fourth-order valence-electron chi connectivity index (χ4n) is 1.78. The molecule has 15 heavy (non-hydrogen) atoms. The zero-order valence-corrected chi connectivity index (χ0v) is 8.49. The van der Waals surface area contributed by atoms with Gasteiger partial charge in [0.1, 0.15) is 5.75 Å². The molecule has 0 amide bonds. The Morgan fingerprint density at radius 3 is 2.87 bits per heavy atom. The van der Waals surface area contributed by atoms with Crippen LogP contribution in [0.5, 0.6) is 5.75 Å². The van der Waals surface area contributed by atoms with Crippen LogP contribution in [0, 0.1) is 11.3 Å². The van der Waals surface area contributed by atoms with E-state index in [4.69, 9.17) is 10.00 Å². The summed E-state index contributed by atoms with van der Waals surface area (Å²) in [6.45, 7) is 1.74. The van der Waals surface area contributed by atoms with E-state index in [9.17, 15) is 4.79 Å². The van der Waals surface area contributed by atoms with Crippen molar-refractivity contribution in [3.05, 3.63) is 29.8 Å². The summed E-state index contributed by atoms with van der Waals surface area (Å²) in [5, 5.41) is 8.53. The van der Waals surface area contributed by atoms with Crippen molar-refractivity contribution in [1.29, 1.82) is 5.26 Å². The van der Waals surface area contributed by atoms with E-state index in [-0.39, 0.29) is 5.78 Å². The molecule has 1 heterocycles. The van der Waals surface area contributed by atoms with E-state index < -0.39 is 5.60 Å². The number of ether oxygens (including phenoxy) is 1. The number of para-hydroxylation sites is 1. The average molecular weight is 201 g/mol. The van der Waals surface area contributed by atoms with Gasteiger partial charge in [0.25, 0.3) is 0 Å². The van der Waals surface area contributed by atoms with Crippen molar-refractivity contribution in [1.82, 2.24) is 0 Å². The van der Waals surface area contributed by atoms with E-state index in [1.807, 2.05) is 18.2 Å². The summed E-state index contributed by atoms with van der Waals surface area (Å²) in [5.74, 6) is 0.608. The van der Waals surface area contributed by atoms with Crippen molar-refractivity contribution in [3.8, 4) is 11.8 Å². The van der Waals surface area contributed by atoms with Crippen LogP contribution < -0.4 is 4.74 Å². The molecule has 1 unspecified atom stereocenters. The molecule has 0 saturated heterocycles. The summed E-state index contributed by atoms with van der Waals surface area (Å²) in [7, 11) is 0. The van der Waals surface area contributed by atoms with E-state index in [0.717, 1.165) is 0 Å². The number of hydrogen-bond acceptors (Lipinski definition) is 3. The van der Waals surface area contributed by atoms with Gasteiger partial charge in [-0.25, -0.2) is 0 Å². The maximum Gasteiger partial charge on any atom is 0.209 e. The van der Waals surface area contributed by atoms with Crippen LogP contribution in [0.4, 0.5) is 0 Å². The minimum Gasteiger partial charge on any atom is -0.479 e. The monoisotopic (exact) mass is 201 g/mol. The maximum absolute atomic E-state index is 12.0. The second-order valence-corrected chi connectivity index (χ2v) is 3.82. The molecular weight excluding hydrogens is 190 g/mol. The predicted molar refractivity (Wildman–Crippen MR) is 54.7 cm³/mol. The first kappa shape index (κ1) is 9.72. The predicted octanol–water partition coefficient (Wildman–Crippen LogP) is 2.32. The van der Waals surface area contributed by atoms with Crippen LogP contribution in [-0.4, -0.2) is 11.4 Å². The van der Waals surface area contributed by atoms with Gasteiger partial charge in [-0.3, -0.25) is 4.79 Å². The lowest BCUT2D eigenvalue weighted by Gasteiger charge is -2.20. The number of hydrogen-bond donors (Lipinski definition) is 0. The lowest BCUT2D eigenvalue weighted by Crippen LogP contribution is -2.36. The Balaban J connectivity index is 2.30. The highest BCUT2D eigenvalue weighted by atomic mass is 16.5. The van der Waals surface area contributed by atoms with Gasteiger partial charge in [-0.05, 0) is 19.1 Å². The molecule has 3 nitrogen and oxygen atoms in total. The van der Waals surface area contributed by atoms with Crippen LogP contribution in [0.2, 0.25) is 0 Å². The number of nitrogens with zero attached hydrogens (tertiary/aromatic N) is 1. The molecule has 76 valence electrons. The summed E-state index contributed by atoms with van der Waals surface area (Å²) in [4.78, 5) is 12.0. The van der Waals surface area contributed by atoms with Crippen LogP contribution in [0.15, 0.2) is 24.3 Å². The topological polar surface area (TPSA) is 50.1 Å². The molecule has 2 rings (SSSR count). The minimum atomic E-state index is -0.848. The van der Waals surface area contributed by atoms with Crippen LogP contribution in [0.25, 0.3) is 0 Å². The van der Waals surface area contributed by atoms with Crippen LogP contribution >= 0.6 is 0 Å². The average Bonchev–Trinajstić information content (AvgIpc) is 2.50. The Labute approximate surface area is 88.3 Å². The lowest BCUT2D eigenvalue weighted by atomic mass is 9.93. The zero-order chi connectivity index (χ0) is 10.9. The summed E-state index contributed by atoms with van der Waals surface area (Å²) in [6, 6.07) is 9.23. The largest absolute Gasteiger partial charge is 0.479 e. The van der Waals surface area contributed by atoms with Gasteiger partial charge < -0.3 is 4.74 Å². The standard InChI is InChI=1S/C12H11NO2/c1-12(7-4-8-13)11(14)9-5-2-3-6-10(9)15-12/h2-3,5-6H,4,7H2,1H3. The molecule has 0 fully saturated rings. The summed E-state index contributed by atoms with van der Waals surface area (Å²) in [6.07, 6.45) is 0.771. The molecule has 0 bridgehead atoms. The van der Waals surface area contributed by atoms with Gasteiger partial charge in [-0.1, -0.05) is 12.1 Å². The maximum atomic E-state index is 12.0. The summed E-state index contributed by atoms with van der Waals surface area (Å²) in [5.41, 5.74) is -0.225. The number of Topliss-reactive ketones (excluding diaryl/α,β-unsaturated/α-hetero) is 1. The first-order valence-electron chi connectivity index (χ1n) is 4.87. The van der Waals surface area contributed by atoms with Crippen LogP contribution in [-0.2, 0) is 0 Å². The van der Waals surface area contributed by atoms with E-state index in [2.05, 4.69) is 0 Å². The molecule has 1 atom stereocenters. The van der Waals surface area contributed by atoms with E-state index in [0.29, 0.717) is 24.2 Å². The van der Waals surface area contributed by atoms with Gasteiger partial charge in [0, 0.05) is 12.8 Å². The molecule has 0 spiro atoms. The highest BCUT2D eigenvalue weighted by molar-refractivity contribution is 6.07. The van der Waals surface area contributed by atoms with Gasteiger partial charge in [0.2, 0.25) is 5.78 Å². The molecule has 1 aromatic rings. The quantitative estimate of drug-likeness (QED) is 0.737. The minimum absolute atomic E-state index is 0.0200. The fraction of sp³-hybridized carbons (Fsp3) is 0.333. The molecule has 0 N–H and O–H groups in total. The number of rotatable bonds is 2. The van der Waals surface area contributed by atoms with Gasteiger partial charge in [0.15, 0.2) is 5.60 Å². The van der Waals surface area contributed by atoms with Crippen molar-refractivity contribution >= 4 is 5.78 Å². The molecule has 3 heteroatoms. The van der Waals surface area contributed by atoms with Crippen molar-refractivity contribution in [2.45, 2.75) is 25.4 Å². The third-order valence-electron chi connectivity index (χ3n) is 2.66. The van der Waals surface area contributed by atoms with Crippen molar-refractivity contribution < 1.29 is 9.53 Å². The Morgan fingerprint density at radius 1 is 1.47 bits per heavy atom. The van der Waals surface area contributed by atoms with Crippen molar-refractivity contribution in [3.63, 3.8) is 0 Å². The molecular formula is C12H11NO2. The number of benzene rings is 1. The number of fused-ring (bicyclic) bond motifs is 1. The van der Waals surface area contributed by atoms with Crippen molar-refractivity contribution in [2.75, 3.05) is 0 Å². The molecule has 0 aliphatic carbocycles. The smallest absolute Gasteiger partial charge is 0.209 e. The van der Waals surface area contributed by atoms with Gasteiger partial charge in [-0.15, -0.1) is 0 Å². The second kappa shape index (κ2) is 3.39. The number of ketones is 1. The molecule has 1 aliphatic heterocycles. The van der Waals surface area contributed by atoms with Gasteiger partial charge in [-0.2, -0.15) is 5.26 Å². The summed E-state index contributed by atoms with van der Waals surface area (Å²) >= 11 is 0. The van der Waals surface area contributed by atoms with Crippen LogP contribution in [0.1, 0.15) is 30.1 Å². The Hall–Kier alpha value is -1.82. The fourth-order valence-corrected chi connectivity index (χ4v) is 1.78. The first-order chi connectivity index (χ1) is 7.17. The molecule has 0 aromatic heterocycles. The second-order valence-electron chi connectivity index (χ2n) is 3.82. The molecule has 1 aromatic carbocycles. The lowest BCUT2D eigenvalue weighted by molar-refractivity contribution is 0.0602. The first-order valence-corrected chi connectivity index (χ1v) is 4.87. The van der Waals surface area contributed by atoms with Gasteiger partial charge >= 0.3 is 0 Å². The molecule has 1 aliphatic rings. The molecule has 0 saturated carbocycles. The zero-order valence-electron chi connectivity index (χ0n) is 8.49. The SMILES string of the molecule is CC1(CCC#N)Oc2ccccc2C1=O. The number of carbonyl (C=O) groups is 1. The Morgan fingerprint density at radius 2 is 2.20 bits per heavy atom. The number of carbonyl (C=O) groups excluding carboxylic acids is 1. The van der Waals surface area contributed by atoms with Gasteiger partial charge in [0.05, 0.1) is 11.6 Å². The Kier molecular flexibility index (Phi) is 2.20. The van der Waals surface area contributed by atoms with Crippen molar-refractivity contribution in [2.24, 2.45) is 0 Å². The van der Waals surface area contributed by atoms with E-state index in [1.54, 1.807) is 19.1 Å². The number of nitriles is 1. The highest BCUT2D eigenvalue weighted by Gasteiger charge is 2.43. The normalized spacial score (nSPS) is 23.1. The summed E-state index contributed by atoms with van der Waals surface area (Å²) < 4.78 is 5.61. The van der Waals surface area contributed by atoms with E-state index >= 15 is 0 Å². The third-order valence-corrected chi connectivity index (χ3v) is 2.66.